The lowest BCUT2D eigenvalue weighted by Crippen LogP contribution is -2.47. The molecule has 0 saturated carbocycles. The number of carbonyl (C=O) groups is 3. The molecule has 0 bridgehead atoms. The van der Waals surface area contributed by atoms with Crippen LogP contribution in [0.15, 0.2) is 24.3 Å². The number of aliphatic hydroxyl groups is 3. The van der Waals surface area contributed by atoms with Gasteiger partial charge in [-0.3, -0.25) is 14.4 Å². The number of phenols is 2. The van der Waals surface area contributed by atoms with Crippen LogP contribution >= 0.6 is 12.4 Å². The van der Waals surface area contributed by atoms with E-state index in [0.29, 0.717) is 6.61 Å². The molecular weight excluding hydrogens is 506 g/mol. The third kappa shape index (κ3) is 4.76. The van der Waals surface area contributed by atoms with Gasteiger partial charge in [0.15, 0.2) is 17.3 Å². The third-order valence-electron chi connectivity index (χ3n) is 7.20. The monoisotopic (exact) mass is 535 g/mol. The van der Waals surface area contributed by atoms with Gasteiger partial charge in [0.2, 0.25) is 0 Å². The number of hydrogen-bond acceptors (Lipinski definition) is 10. The van der Waals surface area contributed by atoms with Crippen molar-refractivity contribution in [2.45, 2.75) is 63.1 Å². The Morgan fingerprint density at radius 1 is 1.05 bits per heavy atom. The fourth-order valence-electron chi connectivity index (χ4n) is 4.98. The van der Waals surface area contributed by atoms with Crippen molar-refractivity contribution in [1.29, 1.82) is 0 Å². The maximum absolute atomic E-state index is 12.9. The van der Waals surface area contributed by atoms with Crippen LogP contribution in [-0.2, 0) is 16.0 Å². The number of aromatic hydroxyl groups is 2. The summed E-state index contributed by atoms with van der Waals surface area (Å²) in [6.07, 6.45) is -2.05. The van der Waals surface area contributed by atoms with Gasteiger partial charge in [0, 0.05) is 47.7 Å². The van der Waals surface area contributed by atoms with E-state index in [1.165, 1.54) is 12.1 Å². The number of Topliss-reactive ketones (excluding diaryl/α,β-unsaturated/α-hetero) is 1. The number of aliphatic hydroxyl groups excluding tert-OH is 2. The van der Waals surface area contributed by atoms with Gasteiger partial charge in [-0.1, -0.05) is 24.3 Å². The zero-order valence-corrected chi connectivity index (χ0v) is 21.1. The minimum Gasteiger partial charge on any atom is -0.507 e. The zero-order chi connectivity index (χ0) is 26.5. The molecule has 0 unspecified atom stereocenters. The normalized spacial score (nSPS) is 28.1. The Hall–Kier alpha value is -2.86. The van der Waals surface area contributed by atoms with E-state index in [1.807, 2.05) is 6.92 Å². The van der Waals surface area contributed by atoms with Gasteiger partial charge in [-0.25, -0.2) is 0 Å². The van der Waals surface area contributed by atoms with E-state index < -0.39 is 46.7 Å². The summed E-state index contributed by atoms with van der Waals surface area (Å²) in [5.74, 6) is -3.12. The summed E-state index contributed by atoms with van der Waals surface area (Å²) < 4.78 is 5.13. The maximum atomic E-state index is 12.9. The van der Waals surface area contributed by atoms with E-state index in [0.717, 1.165) is 13.3 Å². The number of rotatable bonds is 1. The molecule has 1 fully saturated rings. The summed E-state index contributed by atoms with van der Waals surface area (Å²) in [6.45, 7) is 3.67. The summed E-state index contributed by atoms with van der Waals surface area (Å²) in [5.41, 5.74) is 2.78. The van der Waals surface area contributed by atoms with Crippen molar-refractivity contribution >= 4 is 29.8 Å². The van der Waals surface area contributed by atoms with Crippen molar-refractivity contribution in [3.05, 3.63) is 57.6 Å². The van der Waals surface area contributed by atoms with E-state index >= 15 is 0 Å². The van der Waals surface area contributed by atoms with Crippen molar-refractivity contribution in [1.82, 2.24) is 0 Å². The highest BCUT2D eigenvalue weighted by Gasteiger charge is 2.46. The van der Waals surface area contributed by atoms with Gasteiger partial charge in [-0.15, -0.1) is 12.4 Å². The first kappa shape index (κ1) is 28.7. The van der Waals surface area contributed by atoms with Crippen molar-refractivity contribution in [3.63, 3.8) is 0 Å². The van der Waals surface area contributed by atoms with Gasteiger partial charge in [0.05, 0.1) is 29.4 Å². The number of benzene rings is 2. The van der Waals surface area contributed by atoms with Crippen LogP contribution in [0, 0.1) is 0 Å². The molecule has 1 heterocycles. The second kappa shape index (κ2) is 10.5. The molecular formula is C26H30ClNO9. The van der Waals surface area contributed by atoms with Gasteiger partial charge >= 0.3 is 0 Å². The molecule has 3 aliphatic rings. The number of ketones is 3. The van der Waals surface area contributed by atoms with Crippen LogP contribution in [0.3, 0.4) is 0 Å². The van der Waals surface area contributed by atoms with Gasteiger partial charge in [0.25, 0.3) is 0 Å². The number of hydrogen-bond donors (Lipinski definition) is 6. The summed E-state index contributed by atoms with van der Waals surface area (Å²) in [5, 5.41) is 51.5. The maximum Gasteiger partial charge on any atom is 0.198 e. The molecule has 11 heteroatoms. The molecule has 0 spiro atoms. The molecule has 1 saturated heterocycles. The Morgan fingerprint density at radius 3 is 2.08 bits per heavy atom. The molecule has 5 rings (SSSR count). The number of carbonyl (C=O) groups excluding carboxylic acids is 3. The molecule has 2 aromatic rings. The van der Waals surface area contributed by atoms with Crippen molar-refractivity contribution in [2.75, 3.05) is 6.61 Å². The van der Waals surface area contributed by atoms with Crippen LogP contribution in [0.2, 0.25) is 0 Å². The molecule has 5 atom stereocenters. The number of phenolic OH excluding ortho intramolecular Hbond substituents is 2. The molecule has 0 radical (unpaired) electrons. The predicted molar refractivity (Wildman–Crippen MR) is 133 cm³/mol. The predicted octanol–water partition coefficient (Wildman–Crippen LogP) is 1.08. The van der Waals surface area contributed by atoms with Crippen LogP contribution in [0.4, 0.5) is 0 Å². The first-order valence-electron chi connectivity index (χ1n) is 11.6. The average molecular weight is 536 g/mol. The number of halogens is 1. The Bertz CT molecular complexity index is 1250. The van der Waals surface area contributed by atoms with E-state index in [1.54, 1.807) is 12.1 Å². The standard InChI is InChI=1S/C20H16O7.C6H13NO2.ClH/c1-8(21)20(27)6-11-13(12(22)7-20)19(26)15-14(18(11)25)16(23)9-4-2-3-5-10(9)17(15)24;1-4-6(8)5(7)2-3-9-4;/h2-5,12,22,25-27H,6-7H2,1H3;4-6,8H,2-3,7H2,1H3;1H/t12-,20-;4-,5-,6+;/m00./s1. The first-order chi connectivity index (χ1) is 16.9. The largest absolute Gasteiger partial charge is 0.507 e. The number of ether oxygens (including phenoxy) is 1. The summed E-state index contributed by atoms with van der Waals surface area (Å²) in [7, 11) is 0. The van der Waals surface area contributed by atoms with Crippen molar-refractivity contribution in [3.8, 4) is 11.5 Å². The number of fused-ring (bicyclic) bond motifs is 3. The Morgan fingerprint density at radius 2 is 1.59 bits per heavy atom. The van der Waals surface area contributed by atoms with Crippen molar-refractivity contribution in [2.24, 2.45) is 5.73 Å². The molecule has 1 aliphatic heterocycles. The van der Waals surface area contributed by atoms with Crippen LogP contribution in [0.1, 0.15) is 75.8 Å². The van der Waals surface area contributed by atoms with Gasteiger partial charge in [-0.05, 0) is 20.3 Å². The molecule has 0 aromatic heterocycles. The minimum atomic E-state index is -1.94. The van der Waals surface area contributed by atoms with Crippen LogP contribution in [-0.4, -0.2) is 73.3 Å². The van der Waals surface area contributed by atoms with E-state index in [4.69, 9.17) is 10.5 Å². The SMILES string of the molecule is CC(=O)[C@]1(O)Cc2c(O)c3c(c(O)c2[C@@H](O)C1)C(=O)c1ccccc1C3=O.C[C@@H]1OCC[C@H](N)[C@@H]1O.Cl. The fourth-order valence-corrected chi connectivity index (χ4v) is 4.98. The molecule has 2 aliphatic carbocycles. The lowest BCUT2D eigenvalue weighted by Gasteiger charge is -2.36. The van der Waals surface area contributed by atoms with Gasteiger partial charge in [0.1, 0.15) is 17.1 Å². The first-order valence-corrected chi connectivity index (χ1v) is 11.6. The highest BCUT2D eigenvalue weighted by Crippen LogP contribution is 2.50. The Labute approximate surface area is 219 Å². The number of nitrogens with two attached hydrogens (primary N) is 1. The second-order valence-corrected chi connectivity index (χ2v) is 9.55. The molecule has 200 valence electrons. The van der Waals surface area contributed by atoms with Crippen molar-refractivity contribution < 1.29 is 44.7 Å². The fraction of sp³-hybridized carbons (Fsp3) is 0.423. The van der Waals surface area contributed by atoms with Crippen LogP contribution in [0.5, 0.6) is 11.5 Å². The van der Waals surface area contributed by atoms with Gasteiger partial charge < -0.3 is 36.0 Å². The quantitative estimate of drug-likeness (QED) is 0.246. The second-order valence-electron chi connectivity index (χ2n) is 9.55. The lowest BCUT2D eigenvalue weighted by atomic mass is 9.72. The third-order valence-corrected chi connectivity index (χ3v) is 7.20. The Kier molecular flexibility index (Phi) is 8.13. The molecule has 0 amide bonds. The highest BCUT2D eigenvalue weighted by atomic mass is 35.5. The van der Waals surface area contributed by atoms with Gasteiger partial charge in [-0.2, -0.15) is 0 Å². The van der Waals surface area contributed by atoms with E-state index in [-0.39, 0.29) is 70.8 Å². The average Bonchev–Trinajstić information content (AvgIpc) is 2.83. The molecule has 37 heavy (non-hydrogen) atoms. The van der Waals surface area contributed by atoms with E-state index in [9.17, 15) is 39.9 Å². The smallest absolute Gasteiger partial charge is 0.198 e. The van der Waals surface area contributed by atoms with E-state index in [2.05, 4.69) is 0 Å². The summed E-state index contributed by atoms with van der Waals surface area (Å²) >= 11 is 0. The van der Waals surface area contributed by atoms with Crippen LogP contribution < -0.4 is 5.73 Å². The Balaban J connectivity index is 0.000000324. The summed E-state index contributed by atoms with van der Waals surface area (Å²) in [6, 6.07) is 5.94. The minimum absolute atomic E-state index is 0. The van der Waals surface area contributed by atoms with Crippen LogP contribution in [0.25, 0.3) is 0 Å². The lowest BCUT2D eigenvalue weighted by molar-refractivity contribution is -0.139. The summed E-state index contributed by atoms with van der Waals surface area (Å²) in [4.78, 5) is 37.5. The molecule has 7 N–H and O–H groups in total. The topological polar surface area (TPSA) is 188 Å². The molecule has 2 aromatic carbocycles. The highest BCUT2D eigenvalue weighted by molar-refractivity contribution is 6.30. The zero-order valence-electron chi connectivity index (χ0n) is 20.3. The molecule has 10 nitrogen and oxygen atoms in total.